The molecule has 0 N–H and O–H groups in total. The molecule has 0 aliphatic heterocycles. The van der Waals surface area contributed by atoms with Crippen molar-refractivity contribution in [2.75, 3.05) is 13.2 Å². The van der Waals surface area contributed by atoms with Crippen molar-refractivity contribution >= 4 is 0 Å². The minimum Gasteiger partial charge on any atom is -0.348 e. The predicted molar refractivity (Wildman–Crippen MR) is 67.2 cm³/mol. The van der Waals surface area contributed by atoms with E-state index >= 15 is 0 Å². The van der Waals surface area contributed by atoms with Crippen LogP contribution in [0.25, 0.3) is 0 Å². The van der Waals surface area contributed by atoms with Crippen molar-refractivity contribution in [2.24, 2.45) is 10.8 Å². The molecule has 1 aliphatic carbocycles. The number of hydrogen-bond acceptors (Lipinski definition) is 6. The van der Waals surface area contributed by atoms with Gasteiger partial charge in [-0.2, -0.15) is 21.0 Å². The van der Waals surface area contributed by atoms with Crippen molar-refractivity contribution in [1.29, 1.82) is 21.0 Å². The van der Waals surface area contributed by atoms with Crippen LogP contribution >= 0.6 is 0 Å². The quantitative estimate of drug-likeness (QED) is 0.723. The summed E-state index contributed by atoms with van der Waals surface area (Å²) in [4.78, 5) is 0. The summed E-state index contributed by atoms with van der Waals surface area (Å²) in [6, 6.07) is 7.75. The Morgan fingerprint density at radius 2 is 1.35 bits per heavy atom. The normalized spacial score (nSPS) is 21.7. The summed E-state index contributed by atoms with van der Waals surface area (Å²) in [5.74, 6) is -1.38. The number of nitriles is 4. The van der Waals surface area contributed by atoms with Gasteiger partial charge in [-0.05, 0) is 20.3 Å². The maximum atomic E-state index is 9.50. The largest absolute Gasteiger partial charge is 0.348 e. The highest BCUT2D eigenvalue weighted by molar-refractivity contribution is 5.30. The van der Waals surface area contributed by atoms with Gasteiger partial charge in [0, 0.05) is 26.1 Å². The van der Waals surface area contributed by atoms with E-state index in [1.807, 2.05) is 24.3 Å². The van der Waals surface area contributed by atoms with Crippen LogP contribution in [0.5, 0.6) is 0 Å². The lowest BCUT2D eigenvalue weighted by Crippen LogP contribution is -2.57. The minimum absolute atomic E-state index is 0.164. The van der Waals surface area contributed by atoms with Crippen LogP contribution in [0, 0.1) is 56.2 Å². The fourth-order valence-corrected chi connectivity index (χ4v) is 2.66. The third kappa shape index (κ3) is 2.21. The lowest BCUT2D eigenvalue weighted by atomic mass is 9.60. The van der Waals surface area contributed by atoms with Crippen LogP contribution in [0.4, 0.5) is 0 Å². The number of ether oxygens (including phenoxy) is 2. The summed E-state index contributed by atoms with van der Waals surface area (Å²) < 4.78 is 11.2. The molecule has 1 fully saturated rings. The average molecular weight is 272 g/mol. The lowest BCUT2D eigenvalue weighted by molar-refractivity contribution is -0.289. The first-order valence-corrected chi connectivity index (χ1v) is 6.46. The highest BCUT2D eigenvalue weighted by Crippen LogP contribution is 2.53. The number of hydrogen-bond donors (Lipinski definition) is 0. The van der Waals surface area contributed by atoms with Crippen LogP contribution in [-0.2, 0) is 9.47 Å². The molecule has 0 aromatic carbocycles. The Hall–Kier alpha value is -2.12. The summed E-state index contributed by atoms with van der Waals surface area (Å²) in [7, 11) is 0. The van der Waals surface area contributed by atoms with Gasteiger partial charge >= 0.3 is 0 Å². The summed E-state index contributed by atoms with van der Waals surface area (Å²) in [6.45, 7) is 4.04. The Labute approximate surface area is 118 Å². The summed E-state index contributed by atoms with van der Waals surface area (Å²) in [5, 5.41) is 37.4. The lowest BCUT2D eigenvalue weighted by Gasteiger charge is -2.47. The summed E-state index contributed by atoms with van der Waals surface area (Å²) >= 11 is 0. The van der Waals surface area contributed by atoms with Gasteiger partial charge in [0.05, 0.1) is 24.3 Å². The van der Waals surface area contributed by atoms with Gasteiger partial charge in [0.1, 0.15) is 5.41 Å². The SMILES string of the molecule is CCOC1(OCC)CCC(C#N)(C#N)CC1(C#N)C#N. The van der Waals surface area contributed by atoms with Gasteiger partial charge in [-0.25, -0.2) is 0 Å². The summed E-state index contributed by atoms with van der Waals surface area (Å²) in [5.41, 5.74) is -3.01. The van der Waals surface area contributed by atoms with Crippen LogP contribution in [0.2, 0.25) is 0 Å². The molecule has 0 amide bonds. The molecule has 0 aromatic rings. The van der Waals surface area contributed by atoms with E-state index in [0.29, 0.717) is 0 Å². The van der Waals surface area contributed by atoms with E-state index < -0.39 is 16.6 Å². The Bertz CT molecular complexity index is 495. The first kappa shape index (κ1) is 15.9. The van der Waals surface area contributed by atoms with Gasteiger partial charge in [0.15, 0.2) is 5.41 Å². The molecule has 0 saturated heterocycles. The fraction of sp³-hybridized carbons (Fsp3) is 0.714. The van der Waals surface area contributed by atoms with Crippen LogP contribution in [0.15, 0.2) is 0 Å². The van der Waals surface area contributed by atoms with Gasteiger partial charge < -0.3 is 9.47 Å². The van der Waals surface area contributed by atoms with E-state index in [2.05, 4.69) is 0 Å². The van der Waals surface area contributed by atoms with E-state index in [4.69, 9.17) is 9.47 Å². The van der Waals surface area contributed by atoms with Crippen LogP contribution in [0.1, 0.15) is 33.1 Å². The molecule has 6 nitrogen and oxygen atoms in total. The van der Waals surface area contributed by atoms with Crippen LogP contribution in [-0.4, -0.2) is 19.0 Å². The van der Waals surface area contributed by atoms with E-state index in [1.165, 1.54) is 0 Å². The third-order valence-corrected chi connectivity index (χ3v) is 3.66. The number of nitrogens with zero attached hydrogens (tertiary/aromatic N) is 4. The standard InChI is InChI=1S/C14H16N4O2/c1-3-19-14(20-4-2)6-5-12(8-15,9-16)7-13(14,10-17)11-18/h3-7H2,1-2H3. The van der Waals surface area contributed by atoms with Gasteiger partial charge in [-0.3, -0.25) is 0 Å². The molecular weight excluding hydrogens is 256 g/mol. The molecule has 20 heavy (non-hydrogen) atoms. The van der Waals surface area contributed by atoms with Gasteiger partial charge in [-0.15, -0.1) is 0 Å². The zero-order valence-electron chi connectivity index (χ0n) is 11.6. The predicted octanol–water partition coefficient (Wildman–Crippen LogP) is 2.01. The molecule has 1 aliphatic rings. The zero-order chi connectivity index (χ0) is 15.3. The molecule has 0 unspecified atom stereocenters. The topological polar surface area (TPSA) is 114 Å². The van der Waals surface area contributed by atoms with Crippen molar-refractivity contribution in [2.45, 2.75) is 38.9 Å². The Morgan fingerprint density at radius 3 is 1.70 bits per heavy atom. The Morgan fingerprint density at radius 1 is 0.850 bits per heavy atom. The van der Waals surface area contributed by atoms with Crippen molar-refractivity contribution < 1.29 is 9.47 Å². The molecular formula is C14H16N4O2. The molecule has 104 valence electrons. The van der Waals surface area contributed by atoms with Crippen LogP contribution < -0.4 is 0 Å². The zero-order valence-corrected chi connectivity index (χ0v) is 11.6. The van der Waals surface area contributed by atoms with Crippen molar-refractivity contribution in [1.82, 2.24) is 0 Å². The summed E-state index contributed by atoms with van der Waals surface area (Å²) in [6.07, 6.45) is 0.183. The second-order valence-corrected chi connectivity index (χ2v) is 4.73. The molecule has 1 rings (SSSR count). The first-order chi connectivity index (χ1) is 9.53. The first-order valence-electron chi connectivity index (χ1n) is 6.46. The fourth-order valence-electron chi connectivity index (χ4n) is 2.66. The van der Waals surface area contributed by atoms with Crippen LogP contribution in [0.3, 0.4) is 0 Å². The highest BCUT2D eigenvalue weighted by atomic mass is 16.7. The smallest absolute Gasteiger partial charge is 0.200 e. The molecule has 0 bridgehead atoms. The Balaban J connectivity index is 3.37. The van der Waals surface area contributed by atoms with Crippen molar-refractivity contribution in [3.05, 3.63) is 0 Å². The molecule has 1 saturated carbocycles. The monoisotopic (exact) mass is 272 g/mol. The molecule has 0 atom stereocenters. The van der Waals surface area contributed by atoms with E-state index in [-0.39, 0.29) is 32.5 Å². The second-order valence-electron chi connectivity index (χ2n) is 4.73. The molecule has 0 heterocycles. The maximum Gasteiger partial charge on any atom is 0.200 e. The third-order valence-electron chi connectivity index (χ3n) is 3.66. The van der Waals surface area contributed by atoms with E-state index in [1.54, 1.807) is 13.8 Å². The van der Waals surface area contributed by atoms with Gasteiger partial charge in [0.25, 0.3) is 0 Å². The molecule has 0 radical (unpaired) electrons. The molecule has 6 heteroatoms. The highest BCUT2D eigenvalue weighted by Gasteiger charge is 2.63. The van der Waals surface area contributed by atoms with E-state index in [9.17, 15) is 21.0 Å². The Kier molecular flexibility index (Phi) is 4.69. The number of rotatable bonds is 4. The van der Waals surface area contributed by atoms with Gasteiger partial charge in [-0.1, -0.05) is 0 Å². The minimum atomic E-state index is -1.66. The van der Waals surface area contributed by atoms with Gasteiger partial charge in [0.2, 0.25) is 5.79 Å². The van der Waals surface area contributed by atoms with E-state index in [0.717, 1.165) is 0 Å². The molecule has 0 aromatic heterocycles. The average Bonchev–Trinajstić information content (AvgIpc) is 2.49. The van der Waals surface area contributed by atoms with Crippen molar-refractivity contribution in [3.8, 4) is 24.3 Å². The molecule has 0 spiro atoms. The second kappa shape index (κ2) is 5.89. The van der Waals surface area contributed by atoms with Crippen molar-refractivity contribution in [3.63, 3.8) is 0 Å². The maximum absolute atomic E-state index is 9.50.